The predicted molar refractivity (Wildman–Crippen MR) is 74.4 cm³/mol. The van der Waals surface area contributed by atoms with Crippen LogP contribution in [0.1, 0.15) is 37.1 Å². The summed E-state index contributed by atoms with van der Waals surface area (Å²) in [5.41, 5.74) is 0. The normalized spacial score (nSPS) is 24.1. The lowest BCUT2D eigenvalue weighted by Crippen LogP contribution is -2.31. The molecule has 2 N–H and O–H groups in total. The van der Waals surface area contributed by atoms with E-state index in [1.807, 2.05) is 13.0 Å². The van der Waals surface area contributed by atoms with E-state index in [2.05, 4.69) is 5.32 Å². The van der Waals surface area contributed by atoms with Crippen molar-refractivity contribution in [2.45, 2.75) is 32.2 Å². The second-order valence-electron chi connectivity index (χ2n) is 4.92. The predicted octanol–water partition coefficient (Wildman–Crippen LogP) is 3.08. The highest BCUT2D eigenvalue weighted by atomic mass is 35.5. The molecule has 1 aromatic rings. The van der Waals surface area contributed by atoms with Crippen LogP contribution in [0.15, 0.2) is 12.1 Å². The van der Waals surface area contributed by atoms with Gasteiger partial charge in [0.1, 0.15) is 0 Å². The highest BCUT2D eigenvalue weighted by Gasteiger charge is 2.34. The van der Waals surface area contributed by atoms with E-state index in [-0.39, 0.29) is 23.8 Å². The number of carboxylic acids is 1. The number of amides is 1. The van der Waals surface area contributed by atoms with Crippen molar-refractivity contribution < 1.29 is 14.7 Å². The standard InChI is InChI=1S/C13H16ClNO3S/c1-7(10-4-5-11(14)19-10)15-12(16)8-2-3-9(6-8)13(17)18/h4-5,7-9H,2-3,6H2,1H3,(H,15,16)(H,17,18). The molecule has 6 heteroatoms. The molecule has 4 nitrogen and oxygen atoms in total. The zero-order chi connectivity index (χ0) is 14.0. The summed E-state index contributed by atoms with van der Waals surface area (Å²) in [4.78, 5) is 23.9. The van der Waals surface area contributed by atoms with Crippen LogP contribution < -0.4 is 5.32 Å². The van der Waals surface area contributed by atoms with Crippen LogP contribution in [0.4, 0.5) is 0 Å². The van der Waals surface area contributed by atoms with Crippen molar-refractivity contribution in [3.05, 3.63) is 21.3 Å². The number of carbonyl (C=O) groups is 2. The van der Waals surface area contributed by atoms with Crippen LogP contribution in [0.5, 0.6) is 0 Å². The smallest absolute Gasteiger partial charge is 0.306 e. The Hall–Kier alpha value is -1.07. The minimum Gasteiger partial charge on any atom is -0.481 e. The Kier molecular flexibility index (Phi) is 4.47. The molecule has 0 saturated heterocycles. The molecule has 2 rings (SSSR count). The van der Waals surface area contributed by atoms with Crippen LogP contribution in [0.25, 0.3) is 0 Å². The van der Waals surface area contributed by atoms with E-state index in [4.69, 9.17) is 16.7 Å². The van der Waals surface area contributed by atoms with Gasteiger partial charge in [-0.1, -0.05) is 11.6 Å². The third-order valence-corrected chi connectivity index (χ3v) is 4.95. The molecule has 1 aromatic heterocycles. The zero-order valence-corrected chi connectivity index (χ0v) is 12.1. The first-order valence-corrected chi connectivity index (χ1v) is 7.45. The van der Waals surface area contributed by atoms with E-state index in [0.717, 1.165) is 4.88 Å². The summed E-state index contributed by atoms with van der Waals surface area (Å²) in [5.74, 6) is -1.41. The van der Waals surface area contributed by atoms with E-state index in [0.29, 0.717) is 23.6 Å². The highest BCUT2D eigenvalue weighted by Crippen LogP contribution is 2.32. The van der Waals surface area contributed by atoms with Crippen molar-refractivity contribution in [1.29, 1.82) is 0 Å². The minimum absolute atomic E-state index is 0.0548. The van der Waals surface area contributed by atoms with Crippen LogP contribution >= 0.6 is 22.9 Å². The van der Waals surface area contributed by atoms with Gasteiger partial charge in [0.05, 0.1) is 16.3 Å². The molecule has 1 heterocycles. The van der Waals surface area contributed by atoms with Crippen LogP contribution in [0.3, 0.4) is 0 Å². The summed E-state index contributed by atoms with van der Waals surface area (Å²) in [5, 5.41) is 11.9. The van der Waals surface area contributed by atoms with Crippen LogP contribution in [-0.4, -0.2) is 17.0 Å². The number of carbonyl (C=O) groups excluding carboxylic acids is 1. The summed E-state index contributed by atoms with van der Waals surface area (Å²) in [6.45, 7) is 1.91. The van der Waals surface area contributed by atoms with E-state index < -0.39 is 5.97 Å². The Morgan fingerprint density at radius 1 is 1.42 bits per heavy atom. The maximum atomic E-state index is 12.1. The molecule has 104 valence electrons. The van der Waals surface area contributed by atoms with Gasteiger partial charge in [0.2, 0.25) is 5.91 Å². The lowest BCUT2D eigenvalue weighted by molar-refractivity contribution is -0.141. The van der Waals surface area contributed by atoms with Crippen LogP contribution in [0.2, 0.25) is 4.34 Å². The monoisotopic (exact) mass is 301 g/mol. The molecule has 0 bridgehead atoms. The van der Waals surface area contributed by atoms with Gasteiger partial charge in [-0.15, -0.1) is 11.3 Å². The second-order valence-corrected chi connectivity index (χ2v) is 6.66. The van der Waals surface area contributed by atoms with E-state index in [1.54, 1.807) is 6.07 Å². The van der Waals surface area contributed by atoms with Gasteiger partial charge in [0, 0.05) is 10.8 Å². The first-order chi connectivity index (χ1) is 8.97. The van der Waals surface area contributed by atoms with E-state index >= 15 is 0 Å². The van der Waals surface area contributed by atoms with Gasteiger partial charge in [0.15, 0.2) is 0 Å². The van der Waals surface area contributed by atoms with Crippen LogP contribution in [0, 0.1) is 11.8 Å². The molecule has 1 fully saturated rings. The average molecular weight is 302 g/mol. The maximum Gasteiger partial charge on any atom is 0.306 e. The number of hydrogen-bond donors (Lipinski definition) is 2. The van der Waals surface area contributed by atoms with E-state index in [9.17, 15) is 9.59 Å². The van der Waals surface area contributed by atoms with Gasteiger partial charge in [0.25, 0.3) is 0 Å². The van der Waals surface area contributed by atoms with Crippen molar-refractivity contribution >= 4 is 34.8 Å². The molecule has 3 atom stereocenters. The number of thiophene rings is 1. The first kappa shape index (κ1) is 14.3. The molecule has 1 amide bonds. The summed E-state index contributed by atoms with van der Waals surface area (Å²) >= 11 is 7.31. The second kappa shape index (κ2) is 5.92. The molecule has 3 unspecified atom stereocenters. The topological polar surface area (TPSA) is 66.4 Å². The van der Waals surface area contributed by atoms with Crippen molar-refractivity contribution in [3.8, 4) is 0 Å². The number of rotatable bonds is 4. The van der Waals surface area contributed by atoms with Crippen molar-refractivity contribution in [1.82, 2.24) is 5.32 Å². The molecule has 0 aliphatic heterocycles. The fourth-order valence-electron chi connectivity index (χ4n) is 2.41. The van der Waals surface area contributed by atoms with Crippen LogP contribution in [-0.2, 0) is 9.59 Å². The van der Waals surface area contributed by atoms with Crippen molar-refractivity contribution in [2.24, 2.45) is 11.8 Å². The molecule has 0 radical (unpaired) electrons. The quantitative estimate of drug-likeness (QED) is 0.898. The Labute approximate surface area is 120 Å². The van der Waals surface area contributed by atoms with E-state index in [1.165, 1.54) is 11.3 Å². The average Bonchev–Trinajstić information content (AvgIpc) is 2.96. The summed E-state index contributed by atoms with van der Waals surface area (Å²) < 4.78 is 0.697. The summed E-state index contributed by atoms with van der Waals surface area (Å²) in [6, 6.07) is 3.61. The number of carboxylic acid groups (broad SMARTS) is 1. The number of aliphatic carboxylic acids is 1. The fourth-order valence-corrected chi connectivity index (χ4v) is 3.47. The van der Waals surface area contributed by atoms with Gasteiger partial charge < -0.3 is 10.4 Å². The minimum atomic E-state index is -0.798. The summed E-state index contributed by atoms with van der Waals surface area (Å²) in [6.07, 6.45) is 1.69. The van der Waals surface area contributed by atoms with Crippen molar-refractivity contribution in [3.63, 3.8) is 0 Å². The summed E-state index contributed by atoms with van der Waals surface area (Å²) in [7, 11) is 0. The molecule has 0 spiro atoms. The maximum absolute atomic E-state index is 12.1. The molecule has 19 heavy (non-hydrogen) atoms. The Balaban J connectivity index is 1.89. The Morgan fingerprint density at radius 2 is 2.11 bits per heavy atom. The van der Waals surface area contributed by atoms with Gasteiger partial charge in [-0.05, 0) is 38.3 Å². The fraction of sp³-hybridized carbons (Fsp3) is 0.538. The Morgan fingerprint density at radius 3 is 2.63 bits per heavy atom. The van der Waals surface area contributed by atoms with Crippen molar-refractivity contribution in [2.75, 3.05) is 0 Å². The molecule has 0 aromatic carbocycles. The highest BCUT2D eigenvalue weighted by molar-refractivity contribution is 7.16. The number of halogens is 1. The number of hydrogen-bond acceptors (Lipinski definition) is 3. The SMILES string of the molecule is CC(NC(=O)C1CCC(C(=O)O)C1)c1ccc(Cl)s1. The lowest BCUT2D eigenvalue weighted by Gasteiger charge is -2.15. The molecule has 1 aliphatic rings. The third-order valence-electron chi connectivity index (χ3n) is 3.53. The molecular formula is C13H16ClNO3S. The molecule has 1 aliphatic carbocycles. The van der Waals surface area contributed by atoms with Gasteiger partial charge in [-0.25, -0.2) is 0 Å². The molecular weight excluding hydrogens is 286 g/mol. The van der Waals surface area contributed by atoms with Gasteiger partial charge >= 0.3 is 5.97 Å². The third kappa shape index (κ3) is 3.48. The number of nitrogens with one attached hydrogen (secondary N) is 1. The molecule has 1 saturated carbocycles. The zero-order valence-electron chi connectivity index (χ0n) is 10.6. The lowest BCUT2D eigenvalue weighted by atomic mass is 10.0. The Bertz CT molecular complexity index is 488. The van der Waals surface area contributed by atoms with Gasteiger partial charge in [-0.3, -0.25) is 9.59 Å². The largest absolute Gasteiger partial charge is 0.481 e. The first-order valence-electron chi connectivity index (χ1n) is 6.25. The van der Waals surface area contributed by atoms with Gasteiger partial charge in [-0.2, -0.15) is 0 Å².